The van der Waals surface area contributed by atoms with Gasteiger partial charge in [-0.25, -0.2) is 14.6 Å². The van der Waals surface area contributed by atoms with Gasteiger partial charge in [0.05, 0.1) is 5.69 Å². The minimum Gasteiger partial charge on any atom is -0.475 e. The SMILES string of the molecule is Cc1cc(C(=O)NC2CCC(N(C)C)CC2)ccc1-c1ccc(C[C@H](CC(=O)C2CCC(CNC(=O)OC(C)(C)C)CC2)C(=O)Nc2ccc3c(c2)N=C(C(F)(F)F)C3)cc1.O=C(O)C(F)(F)F. The van der Waals surface area contributed by atoms with E-state index in [9.17, 15) is 45.5 Å². The van der Waals surface area contributed by atoms with E-state index >= 15 is 0 Å². The number of carboxylic acids is 1. The van der Waals surface area contributed by atoms with Crippen LogP contribution in [-0.4, -0.2) is 96.1 Å². The molecule has 3 aromatic carbocycles. The number of nitrogens with zero attached hydrogens (tertiary/aromatic N) is 2. The Balaban J connectivity index is 0.00000114. The highest BCUT2D eigenvalue weighted by Crippen LogP contribution is 2.36. The summed E-state index contributed by atoms with van der Waals surface area (Å²) in [5, 5.41) is 16.1. The Morgan fingerprint density at radius 1 is 0.838 bits per heavy atom. The maximum Gasteiger partial charge on any atom is 0.490 e. The van der Waals surface area contributed by atoms with Gasteiger partial charge in [0.1, 0.15) is 17.1 Å². The molecule has 3 aliphatic rings. The summed E-state index contributed by atoms with van der Waals surface area (Å²) in [4.78, 5) is 68.1. The van der Waals surface area contributed by atoms with Gasteiger partial charge in [0, 0.05) is 54.6 Å². The summed E-state index contributed by atoms with van der Waals surface area (Å²) in [7, 11) is 4.20. The highest BCUT2D eigenvalue weighted by Gasteiger charge is 2.39. The smallest absolute Gasteiger partial charge is 0.475 e. The summed E-state index contributed by atoms with van der Waals surface area (Å²) < 4.78 is 77.2. The molecular formula is C50H61F6N5O7. The number of fused-ring (bicyclic) bond motifs is 1. The van der Waals surface area contributed by atoms with Gasteiger partial charge in [0.15, 0.2) is 0 Å². The number of amides is 3. The minimum atomic E-state index is -5.08. The fourth-order valence-electron chi connectivity index (χ4n) is 8.80. The van der Waals surface area contributed by atoms with E-state index < -0.39 is 47.6 Å². The predicted octanol–water partition coefficient (Wildman–Crippen LogP) is 10.2. The van der Waals surface area contributed by atoms with Gasteiger partial charge in [-0.15, -0.1) is 0 Å². The topological polar surface area (TPSA) is 166 Å². The van der Waals surface area contributed by atoms with Crippen LogP contribution in [0.2, 0.25) is 0 Å². The van der Waals surface area contributed by atoms with Crippen LogP contribution in [-0.2, 0) is 32.0 Å². The number of aliphatic carboxylic acids is 1. The summed E-state index contributed by atoms with van der Waals surface area (Å²) >= 11 is 0. The number of hydrogen-bond donors (Lipinski definition) is 4. The Morgan fingerprint density at radius 3 is 2.03 bits per heavy atom. The maximum atomic E-state index is 14.0. The molecule has 3 amide bonds. The predicted molar refractivity (Wildman–Crippen MR) is 246 cm³/mol. The molecular weight excluding hydrogens is 897 g/mol. The first-order valence-corrected chi connectivity index (χ1v) is 22.8. The van der Waals surface area contributed by atoms with Gasteiger partial charge in [-0.1, -0.05) is 36.4 Å². The molecule has 68 heavy (non-hydrogen) atoms. The molecule has 0 bridgehead atoms. The first-order chi connectivity index (χ1) is 31.7. The lowest BCUT2D eigenvalue weighted by molar-refractivity contribution is -0.192. The van der Waals surface area contributed by atoms with Crippen molar-refractivity contribution in [1.82, 2.24) is 15.5 Å². The zero-order chi connectivity index (χ0) is 50.1. The van der Waals surface area contributed by atoms with E-state index in [0.717, 1.165) is 60.8 Å². The standard InChI is InChI=1S/C48H60F3N5O5.C2HF3O2/c1-29-23-35(44(58)53-37-18-20-39(21-19-37)56(5)6)16-22-40(29)32-11-7-30(8-12-32)24-36(45(59)54-38-17-15-34-26-43(48(49,50)51)55-41(34)27-38)25-42(57)33-13-9-31(10-14-33)28-52-46(60)61-47(2,3)4;3-2(4,5)1(6)7/h7-8,11-12,15-17,22-23,27,31,33,36-37,39H,9-10,13-14,18-21,24-26,28H2,1-6H3,(H,52,60)(H,53,58)(H,54,59);(H,6,7)/t31?,33?,36-,37?,39?;/m1./s1. The Kier molecular flexibility index (Phi) is 17.6. The third-order valence-electron chi connectivity index (χ3n) is 12.6. The number of benzene rings is 3. The summed E-state index contributed by atoms with van der Waals surface area (Å²) in [5.41, 5.74) is 3.78. The first kappa shape index (κ1) is 53.2. The van der Waals surface area contributed by atoms with Crippen LogP contribution in [0.15, 0.2) is 65.7 Å². The third kappa shape index (κ3) is 15.6. The number of rotatable bonds is 13. The molecule has 2 fully saturated rings. The molecule has 4 N–H and O–H groups in total. The van der Waals surface area contributed by atoms with Crippen molar-refractivity contribution in [3.8, 4) is 11.1 Å². The number of carbonyl (C=O) groups excluding carboxylic acids is 4. The highest BCUT2D eigenvalue weighted by molar-refractivity contribution is 6.00. The quantitative estimate of drug-likeness (QED) is 0.123. The van der Waals surface area contributed by atoms with Crippen LogP contribution in [0.5, 0.6) is 0 Å². The Hall–Kier alpha value is -5.78. The second kappa shape index (κ2) is 22.6. The van der Waals surface area contributed by atoms with Crippen molar-refractivity contribution < 1.29 is 60.2 Å². The monoisotopic (exact) mass is 957 g/mol. The van der Waals surface area contributed by atoms with Crippen LogP contribution in [0.25, 0.3) is 11.1 Å². The number of Topliss-reactive ketones (excluding diaryl/α,β-unsaturated/α-hetero) is 1. The molecule has 3 aromatic rings. The van der Waals surface area contributed by atoms with Crippen LogP contribution in [0.4, 0.5) is 42.5 Å². The molecule has 12 nitrogen and oxygen atoms in total. The van der Waals surface area contributed by atoms with Gasteiger partial charge in [0.2, 0.25) is 5.91 Å². The lowest BCUT2D eigenvalue weighted by atomic mass is 9.77. The van der Waals surface area contributed by atoms with Gasteiger partial charge in [0.25, 0.3) is 5.91 Å². The van der Waals surface area contributed by atoms with Crippen molar-refractivity contribution >= 4 is 46.7 Å². The number of aryl methyl sites for hydroxylation is 1. The summed E-state index contributed by atoms with van der Waals surface area (Å²) in [6.07, 6.45) is -3.31. The van der Waals surface area contributed by atoms with Crippen molar-refractivity contribution in [2.75, 3.05) is 26.0 Å². The number of hydrogen-bond acceptors (Lipinski definition) is 8. The van der Waals surface area contributed by atoms with E-state index in [-0.39, 0.29) is 54.5 Å². The van der Waals surface area contributed by atoms with Gasteiger partial charge >= 0.3 is 24.4 Å². The number of carboxylic acid groups (broad SMARTS) is 1. The molecule has 2 saturated carbocycles. The molecule has 6 rings (SSSR count). The number of alkyl carbamates (subject to hydrolysis) is 1. The minimum absolute atomic E-state index is 0.000116. The Morgan fingerprint density at radius 2 is 1.47 bits per heavy atom. The number of carbonyl (C=O) groups is 5. The van der Waals surface area contributed by atoms with Crippen molar-refractivity contribution in [2.24, 2.45) is 22.7 Å². The van der Waals surface area contributed by atoms with Crippen molar-refractivity contribution in [3.05, 3.63) is 82.9 Å². The van der Waals surface area contributed by atoms with Crippen LogP contribution >= 0.6 is 0 Å². The number of ketones is 1. The fourth-order valence-corrected chi connectivity index (χ4v) is 8.80. The van der Waals surface area contributed by atoms with Crippen molar-refractivity contribution in [1.29, 1.82) is 0 Å². The van der Waals surface area contributed by atoms with Gasteiger partial charge in [-0.2, -0.15) is 26.3 Å². The Bertz CT molecular complexity index is 2310. The van der Waals surface area contributed by atoms with E-state index in [1.807, 2.05) is 49.4 Å². The zero-order valence-electron chi connectivity index (χ0n) is 39.2. The van der Waals surface area contributed by atoms with Gasteiger partial charge in [-0.05, 0) is 158 Å². The van der Waals surface area contributed by atoms with E-state index in [1.54, 1.807) is 32.9 Å². The summed E-state index contributed by atoms with van der Waals surface area (Å²) in [5.74, 6) is -4.00. The number of aliphatic imine (C=N–C) groups is 1. The highest BCUT2D eigenvalue weighted by atomic mass is 19.4. The molecule has 370 valence electrons. The first-order valence-electron chi connectivity index (χ1n) is 22.8. The van der Waals surface area contributed by atoms with Gasteiger partial charge < -0.3 is 30.7 Å². The second-order valence-corrected chi connectivity index (χ2v) is 19.2. The molecule has 1 atom stereocenters. The molecule has 0 aromatic heterocycles. The largest absolute Gasteiger partial charge is 0.490 e. The van der Waals surface area contributed by atoms with E-state index in [1.165, 1.54) is 6.07 Å². The number of ether oxygens (including phenoxy) is 1. The van der Waals surface area contributed by atoms with Crippen LogP contribution in [0, 0.1) is 24.7 Å². The zero-order valence-corrected chi connectivity index (χ0v) is 39.2. The summed E-state index contributed by atoms with van der Waals surface area (Å²) in [6.45, 7) is 7.86. The van der Waals surface area contributed by atoms with Crippen molar-refractivity contribution in [2.45, 2.75) is 128 Å². The third-order valence-corrected chi connectivity index (χ3v) is 12.6. The second-order valence-electron chi connectivity index (χ2n) is 19.2. The average molecular weight is 958 g/mol. The number of nitrogens with one attached hydrogen (secondary N) is 3. The number of halogens is 6. The fraction of sp³-hybridized carbons (Fsp3) is 0.520. The van der Waals surface area contributed by atoms with Gasteiger partial charge in [-0.3, -0.25) is 14.4 Å². The normalized spacial score (nSPS) is 19.9. The van der Waals surface area contributed by atoms with E-state index in [2.05, 4.69) is 39.9 Å². The lowest BCUT2D eigenvalue weighted by Gasteiger charge is -2.33. The van der Waals surface area contributed by atoms with Crippen molar-refractivity contribution in [3.63, 3.8) is 0 Å². The lowest BCUT2D eigenvalue weighted by Crippen LogP contribution is -2.41. The molecule has 0 radical (unpaired) electrons. The van der Waals surface area contributed by atoms with Crippen LogP contribution in [0.1, 0.15) is 106 Å². The molecule has 1 aliphatic heterocycles. The number of alkyl halides is 6. The average Bonchev–Trinajstić information content (AvgIpc) is 3.70. The van der Waals surface area contributed by atoms with E-state index in [0.29, 0.717) is 42.2 Å². The molecule has 2 aliphatic carbocycles. The van der Waals surface area contributed by atoms with Crippen LogP contribution in [0.3, 0.4) is 0 Å². The van der Waals surface area contributed by atoms with E-state index in [4.69, 9.17) is 14.6 Å². The summed E-state index contributed by atoms with van der Waals surface area (Å²) in [6, 6.07) is 18.8. The number of anilines is 1. The maximum absolute atomic E-state index is 14.0. The molecule has 0 saturated heterocycles. The molecule has 1 heterocycles. The van der Waals surface area contributed by atoms with Crippen LogP contribution < -0.4 is 16.0 Å². The molecule has 0 unspecified atom stereocenters. The molecule has 18 heteroatoms. The molecule has 0 spiro atoms. The Labute approximate surface area is 392 Å².